The lowest BCUT2D eigenvalue weighted by molar-refractivity contribution is -0.486. The van der Waals surface area contributed by atoms with Gasteiger partial charge in [-0.3, -0.25) is 10.2 Å². The molecule has 0 radical (unpaired) electrons. The van der Waals surface area contributed by atoms with Crippen molar-refractivity contribution in [2.75, 3.05) is 6.61 Å². The molecule has 0 amide bonds. The highest BCUT2D eigenvalue weighted by Gasteiger charge is 2.38. The number of nitrogens with zero attached hydrogens (tertiary/aromatic N) is 5. The highest BCUT2D eigenvalue weighted by atomic mass is 16.7. The van der Waals surface area contributed by atoms with Crippen LogP contribution in [-0.2, 0) is 9.53 Å². The summed E-state index contributed by atoms with van der Waals surface area (Å²) in [5.74, 6) is -4.00. The monoisotopic (exact) mass is 396 g/mol. The summed E-state index contributed by atoms with van der Waals surface area (Å²) in [6, 6.07) is 5.39. The molecule has 0 bridgehead atoms. The van der Waals surface area contributed by atoms with Gasteiger partial charge in [-0.15, -0.1) is 0 Å². The van der Waals surface area contributed by atoms with Crippen LogP contribution in [0, 0.1) is 20.2 Å². The molecule has 0 aromatic heterocycles. The zero-order valence-electron chi connectivity index (χ0n) is 14.4. The van der Waals surface area contributed by atoms with E-state index in [-0.39, 0.29) is 12.2 Å². The smallest absolute Gasteiger partial charge is 0.339 e. The summed E-state index contributed by atoms with van der Waals surface area (Å²) in [5.41, 5.74) is 12.8. The molecule has 0 heterocycles. The first-order chi connectivity index (χ1) is 13.2. The third kappa shape index (κ3) is 6.21. The second-order valence-corrected chi connectivity index (χ2v) is 4.79. The molecule has 0 spiro atoms. The SMILES string of the molecule is CCOC(=O)C(C(=O)c1ccccc1)N(N/C(N)=N/[N+](=O)[O-])/C(N)=N/[N+](=O)[O-]. The number of rotatable bonds is 7. The molecular weight excluding hydrogens is 380 g/mol. The van der Waals surface area contributed by atoms with Crippen molar-refractivity contribution in [3.63, 3.8) is 0 Å². The van der Waals surface area contributed by atoms with E-state index >= 15 is 0 Å². The molecule has 1 unspecified atom stereocenters. The van der Waals surface area contributed by atoms with Crippen molar-refractivity contribution in [3.8, 4) is 0 Å². The molecular formula is C13H16N8O7. The van der Waals surface area contributed by atoms with Crippen molar-refractivity contribution >= 4 is 23.7 Å². The molecule has 15 nitrogen and oxygen atoms in total. The van der Waals surface area contributed by atoms with Crippen LogP contribution in [0.1, 0.15) is 17.3 Å². The average molecular weight is 396 g/mol. The maximum absolute atomic E-state index is 12.8. The van der Waals surface area contributed by atoms with Crippen molar-refractivity contribution in [1.82, 2.24) is 10.4 Å². The van der Waals surface area contributed by atoms with E-state index in [0.717, 1.165) is 0 Å². The van der Waals surface area contributed by atoms with E-state index in [2.05, 4.69) is 10.2 Å². The second-order valence-electron chi connectivity index (χ2n) is 4.79. The lowest BCUT2D eigenvalue weighted by Gasteiger charge is -2.28. The Hall–Kier alpha value is -4.30. The Kier molecular flexibility index (Phi) is 7.76. The second kappa shape index (κ2) is 10.00. The number of nitrogens with one attached hydrogen (secondary N) is 1. The topological polar surface area (TPSA) is 222 Å². The third-order valence-electron chi connectivity index (χ3n) is 2.93. The largest absolute Gasteiger partial charge is 0.464 e. The number of carbonyl (C=O) groups is 2. The molecule has 0 saturated carbocycles. The van der Waals surface area contributed by atoms with Crippen LogP contribution in [0.3, 0.4) is 0 Å². The molecule has 0 saturated heterocycles. The molecule has 0 aliphatic rings. The molecule has 150 valence electrons. The minimum Gasteiger partial charge on any atom is -0.464 e. The van der Waals surface area contributed by atoms with Gasteiger partial charge in [-0.05, 0) is 6.92 Å². The van der Waals surface area contributed by atoms with Crippen LogP contribution in [0.25, 0.3) is 0 Å². The van der Waals surface area contributed by atoms with Gasteiger partial charge in [0.2, 0.25) is 6.04 Å². The standard InChI is InChI=1S/C13H16N8O7/c1-2-28-11(23)9(10(22)8-6-4-3-5-7-8)19(13(15)18-21(26)27)16-12(14)17-20(24)25/h3-7,9H,2H2,1H3,(H2,15,18)(H3,14,16,17). The fraction of sp³-hybridized carbons (Fsp3) is 0.231. The zero-order valence-corrected chi connectivity index (χ0v) is 14.4. The van der Waals surface area contributed by atoms with E-state index in [9.17, 15) is 29.8 Å². The lowest BCUT2D eigenvalue weighted by atomic mass is 10.0. The maximum Gasteiger partial charge on any atom is 0.339 e. The number of carbonyl (C=O) groups excluding carboxylic acids is 2. The van der Waals surface area contributed by atoms with Crippen molar-refractivity contribution in [1.29, 1.82) is 0 Å². The first-order valence-corrected chi connectivity index (χ1v) is 7.46. The molecule has 0 aliphatic carbocycles. The van der Waals surface area contributed by atoms with Crippen LogP contribution in [0.2, 0.25) is 0 Å². The predicted octanol–water partition coefficient (Wildman–Crippen LogP) is -1.38. The molecule has 1 rings (SSSR count). The van der Waals surface area contributed by atoms with Crippen molar-refractivity contribution in [2.24, 2.45) is 21.7 Å². The Labute approximate surface area is 156 Å². The molecule has 5 N–H and O–H groups in total. The Bertz CT molecular complexity index is 810. The Morgan fingerprint density at radius 2 is 1.75 bits per heavy atom. The lowest BCUT2D eigenvalue weighted by Crippen LogP contribution is -2.62. The number of hydrazine groups is 1. The van der Waals surface area contributed by atoms with E-state index in [4.69, 9.17) is 16.2 Å². The number of nitro groups is 2. The average Bonchev–Trinajstić information content (AvgIpc) is 2.60. The third-order valence-corrected chi connectivity index (χ3v) is 2.93. The Balaban J connectivity index is 3.47. The molecule has 1 atom stereocenters. The van der Waals surface area contributed by atoms with E-state index in [1.807, 2.05) is 5.43 Å². The van der Waals surface area contributed by atoms with Gasteiger partial charge in [-0.25, -0.2) is 30.0 Å². The summed E-state index contributed by atoms with van der Waals surface area (Å²) in [5, 5.41) is 24.6. The number of Topliss-reactive ketones (excluding diaryl/α,β-unsaturated/α-hetero) is 1. The van der Waals surface area contributed by atoms with Gasteiger partial charge in [0.25, 0.3) is 11.9 Å². The fourth-order valence-corrected chi connectivity index (χ4v) is 1.93. The van der Waals surface area contributed by atoms with E-state index in [0.29, 0.717) is 5.01 Å². The summed E-state index contributed by atoms with van der Waals surface area (Å²) in [6.45, 7) is 1.31. The fourth-order valence-electron chi connectivity index (χ4n) is 1.93. The predicted molar refractivity (Wildman–Crippen MR) is 93.4 cm³/mol. The minimum absolute atomic E-state index is 0.0195. The quantitative estimate of drug-likeness (QED) is 0.0926. The summed E-state index contributed by atoms with van der Waals surface area (Å²) in [6.07, 6.45) is 0. The number of benzene rings is 1. The maximum atomic E-state index is 12.8. The number of hydrogen-bond donors (Lipinski definition) is 3. The van der Waals surface area contributed by atoms with Gasteiger partial charge >= 0.3 is 5.97 Å². The number of hydrogen-bond acceptors (Lipinski definition) is 7. The van der Waals surface area contributed by atoms with E-state index in [1.165, 1.54) is 31.2 Å². The summed E-state index contributed by atoms with van der Waals surface area (Å²) >= 11 is 0. The van der Waals surface area contributed by atoms with Crippen molar-refractivity contribution in [2.45, 2.75) is 13.0 Å². The highest BCUT2D eigenvalue weighted by Crippen LogP contribution is 2.10. The van der Waals surface area contributed by atoms with Crippen molar-refractivity contribution in [3.05, 3.63) is 56.1 Å². The van der Waals surface area contributed by atoms with Crippen LogP contribution in [0.5, 0.6) is 0 Å². The van der Waals surface area contributed by atoms with Gasteiger partial charge < -0.3 is 16.2 Å². The summed E-state index contributed by atoms with van der Waals surface area (Å²) in [4.78, 5) is 46.3. The zero-order chi connectivity index (χ0) is 21.3. The van der Waals surface area contributed by atoms with Crippen LogP contribution >= 0.6 is 0 Å². The first-order valence-electron chi connectivity index (χ1n) is 7.46. The van der Waals surface area contributed by atoms with Crippen molar-refractivity contribution < 1.29 is 24.4 Å². The van der Waals surface area contributed by atoms with E-state index < -0.39 is 39.8 Å². The van der Waals surface area contributed by atoms with Crippen LogP contribution in [0.15, 0.2) is 40.5 Å². The molecule has 1 aromatic carbocycles. The molecule has 0 aliphatic heterocycles. The minimum atomic E-state index is -1.95. The summed E-state index contributed by atoms with van der Waals surface area (Å²) in [7, 11) is 0. The Morgan fingerprint density at radius 1 is 1.18 bits per heavy atom. The van der Waals surface area contributed by atoms with Gasteiger partial charge in [-0.1, -0.05) is 30.3 Å². The number of nitrogens with two attached hydrogens (primary N) is 2. The number of ether oxygens (including phenoxy) is 1. The molecule has 1 aromatic rings. The van der Waals surface area contributed by atoms with Gasteiger partial charge in [0.05, 0.1) is 6.61 Å². The van der Waals surface area contributed by atoms with Gasteiger partial charge in [0.1, 0.15) is 10.2 Å². The highest BCUT2D eigenvalue weighted by molar-refractivity contribution is 6.14. The number of ketones is 1. The van der Waals surface area contributed by atoms with Gasteiger partial charge in [-0.2, -0.15) is 0 Å². The molecule has 15 heteroatoms. The molecule has 28 heavy (non-hydrogen) atoms. The summed E-state index contributed by atoms with van der Waals surface area (Å²) < 4.78 is 4.81. The number of esters is 1. The van der Waals surface area contributed by atoms with Crippen LogP contribution < -0.4 is 16.9 Å². The van der Waals surface area contributed by atoms with Crippen LogP contribution in [0.4, 0.5) is 0 Å². The van der Waals surface area contributed by atoms with Crippen LogP contribution in [-0.4, -0.2) is 51.4 Å². The van der Waals surface area contributed by atoms with Gasteiger partial charge in [0.15, 0.2) is 15.8 Å². The first kappa shape index (κ1) is 21.7. The number of hydrazone groups is 2. The normalized spacial score (nSPS) is 12.6. The number of guanidine groups is 2. The Morgan fingerprint density at radius 3 is 2.25 bits per heavy atom. The van der Waals surface area contributed by atoms with E-state index in [1.54, 1.807) is 6.07 Å². The van der Waals surface area contributed by atoms with Gasteiger partial charge in [0, 0.05) is 5.56 Å². The molecule has 0 fully saturated rings.